The van der Waals surface area contributed by atoms with Crippen molar-refractivity contribution in [2.45, 2.75) is 18.7 Å². The number of hydrogen-bond donors (Lipinski definition) is 0. The Bertz CT molecular complexity index is 1080. The fourth-order valence-corrected chi connectivity index (χ4v) is 3.77. The van der Waals surface area contributed by atoms with Crippen molar-refractivity contribution in [3.63, 3.8) is 0 Å². The van der Waals surface area contributed by atoms with E-state index in [0.717, 1.165) is 0 Å². The molecule has 0 amide bonds. The molecule has 3 aromatic rings. The number of nitro benzene ring substituents is 1. The average molecular weight is 429 g/mol. The molecular formula is C20H16F5NO2S. The largest absolute Gasteiger partial charge is 0.310 e. The number of rotatable bonds is 4. The van der Waals surface area contributed by atoms with Crippen LogP contribution in [0.5, 0.6) is 0 Å². The van der Waals surface area contributed by atoms with Gasteiger partial charge in [-0.25, -0.2) is 0 Å². The first-order chi connectivity index (χ1) is 13.2. The summed E-state index contributed by atoms with van der Waals surface area (Å²) in [4.78, 5) is 8.82. The van der Waals surface area contributed by atoms with E-state index in [4.69, 9.17) is 0 Å². The van der Waals surface area contributed by atoms with Crippen molar-refractivity contribution < 1.29 is 24.4 Å². The zero-order valence-electron chi connectivity index (χ0n) is 15.3. The van der Waals surface area contributed by atoms with Gasteiger partial charge in [-0.15, -0.1) is 0 Å². The van der Waals surface area contributed by atoms with E-state index in [1.807, 2.05) is 0 Å². The molecule has 0 bridgehead atoms. The maximum atomic E-state index is 13.7. The highest BCUT2D eigenvalue weighted by Gasteiger charge is 2.66. The van der Waals surface area contributed by atoms with Crippen LogP contribution in [0.15, 0.2) is 65.6 Å². The normalized spacial score (nSPS) is 14.2. The van der Waals surface area contributed by atoms with Gasteiger partial charge in [0.25, 0.3) is 5.69 Å². The van der Waals surface area contributed by atoms with Crippen molar-refractivity contribution in [2.75, 3.05) is 0 Å². The van der Waals surface area contributed by atoms with Gasteiger partial charge in [-0.1, -0.05) is 79.1 Å². The van der Waals surface area contributed by atoms with Crippen LogP contribution in [0.2, 0.25) is 0 Å². The molecule has 0 aliphatic carbocycles. The van der Waals surface area contributed by atoms with Gasteiger partial charge in [-0.3, -0.25) is 10.1 Å². The highest BCUT2D eigenvalue weighted by molar-refractivity contribution is 8.45. The van der Waals surface area contributed by atoms with Gasteiger partial charge in [-0.2, -0.15) is 0 Å². The lowest BCUT2D eigenvalue weighted by molar-refractivity contribution is -0.383. The van der Waals surface area contributed by atoms with Crippen molar-refractivity contribution in [3.8, 4) is 22.3 Å². The van der Waals surface area contributed by atoms with Gasteiger partial charge in [0.15, 0.2) is 0 Å². The van der Waals surface area contributed by atoms with Crippen molar-refractivity contribution in [3.05, 3.63) is 81.9 Å². The molecule has 3 aromatic carbocycles. The third-order valence-electron chi connectivity index (χ3n) is 4.37. The van der Waals surface area contributed by atoms with Crippen molar-refractivity contribution in [1.82, 2.24) is 0 Å². The average Bonchev–Trinajstić information content (AvgIpc) is 2.58. The number of hydrogen-bond acceptors (Lipinski definition) is 2. The van der Waals surface area contributed by atoms with Crippen LogP contribution in [0.3, 0.4) is 0 Å². The van der Waals surface area contributed by atoms with Crippen molar-refractivity contribution >= 4 is 15.9 Å². The molecular weight excluding hydrogens is 413 g/mol. The predicted molar refractivity (Wildman–Crippen MR) is 105 cm³/mol. The zero-order chi connectivity index (χ0) is 21.7. The smallest absolute Gasteiger partial charge is 0.258 e. The Balaban J connectivity index is 2.50. The Kier molecular flexibility index (Phi) is 4.32. The minimum atomic E-state index is -10.1. The number of aryl methyl sites for hydroxylation is 2. The number of benzene rings is 3. The fourth-order valence-electron chi connectivity index (χ4n) is 3.09. The molecule has 0 aliphatic rings. The lowest BCUT2D eigenvalue weighted by atomic mass is 9.94. The number of nitrogens with zero attached hydrogens (tertiary/aromatic N) is 1. The maximum Gasteiger partial charge on any atom is 0.310 e. The molecule has 154 valence electrons. The third kappa shape index (κ3) is 4.40. The Morgan fingerprint density at radius 2 is 1.17 bits per heavy atom. The summed E-state index contributed by atoms with van der Waals surface area (Å²) in [6.07, 6.45) is 0. The molecule has 3 rings (SSSR count). The summed E-state index contributed by atoms with van der Waals surface area (Å²) in [5.41, 5.74) is -0.351. The molecule has 0 spiro atoms. The molecule has 0 radical (unpaired) electrons. The van der Waals surface area contributed by atoms with E-state index in [-0.39, 0.29) is 23.3 Å². The highest BCUT2D eigenvalue weighted by Crippen LogP contribution is 3.02. The van der Waals surface area contributed by atoms with Gasteiger partial charge in [0, 0.05) is 0 Å². The predicted octanol–water partition coefficient (Wildman–Crippen LogP) is 8.20. The summed E-state index contributed by atoms with van der Waals surface area (Å²) in [5.74, 6) is 0. The molecule has 0 saturated carbocycles. The van der Waals surface area contributed by atoms with Crippen LogP contribution < -0.4 is 0 Å². The van der Waals surface area contributed by atoms with Gasteiger partial charge in [0.1, 0.15) is 4.90 Å². The minimum Gasteiger partial charge on any atom is -0.258 e. The molecule has 0 saturated heterocycles. The molecule has 0 aliphatic heterocycles. The highest BCUT2D eigenvalue weighted by atomic mass is 32.5. The van der Waals surface area contributed by atoms with Crippen LogP contribution in [0, 0.1) is 24.0 Å². The monoisotopic (exact) mass is 429 g/mol. The molecule has 0 N–H and O–H groups in total. The van der Waals surface area contributed by atoms with Gasteiger partial charge in [0.05, 0.1) is 16.1 Å². The van der Waals surface area contributed by atoms with Crippen LogP contribution in [0.4, 0.5) is 25.1 Å². The van der Waals surface area contributed by atoms with Crippen molar-refractivity contribution in [1.29, 1.82) is 0 Å². The number of halogens is 5. The summed E-state index contributed by atoms with van der Waals surface area (Å²) in [7, 11) is -10.1. The Morgan fingerprint density at radius 1 is 0.759 bits per heavy atom. The van der Waals surface area contributed by atoms with Crippen LogP contribution in [-0.2, 0) is 0 Å². The van der Waals surface area contributed by atoms with E-state index in [1.165, 1.54) is 36.4 Å². The van der Waals surface area contributed by atoms with E-state index >= 15 is 0 Å². The zero-order valence-corrected chi connectivity index (χ0v) is 16.2. The Morgan fingerprint density at radius 3 is 1.48 bits per heavy atom. The number of nitro groups is 1. The quantitative estimate of drug-likeness (QED) is 0.238. The standard InChI is InChI=1S/C20H16F5NO2S/c1-13-5-3-7-15(9-13)18-11-17(29(21,22,23,24)25)12-19(20(18)26(27)28)16-8-4-6-14(2)10-16/h3-12H,1-2H3. The molecule has 29 heavy (non-hydrogen) atoms. The minimum absolute atomic E-state index is 0.0503. The second-order valence-electron chi connectivity index (χ2n) is 6.83. The fraction of sp³-hybridized carbons (Fsp3) is 0.100. The van der Waals surface area contributed by atoms with Crippen molar-refractivity contribution in [2.24, 2.45) is 0 Å². The summed E-state index contributed by atoms with van der Waals surface area (Å²) in [6.45, 7) is 3.29. The van der Waals surface area contributed by atoms with Crippen LogP contribution in [0.25, 0.3) is 22.3 Å². The van der Waals surface area contributed by atoms with Gasteiger partial charge in [0.2, 0.25) is 0 Å². The first-order valence-electron chi connectivity index (χ1n) is 8.36. The molecule has 0 atom stereocenters. The summed E-state index contributed by atoms with van der Waals surface area (Å²) >= 11 is 0. The van der Waals surface area contributed by atoms with Crippen LogP contribution >= 0.6 is 10.2 Å². The topological polar surface area (TPSA) is 43.1 Å². The van der Waals surface area contributed by atoms with E-state index in [0.29, 0.717) is 11.1 Å². The first kappa shape index (κ1) is 20.8. The molecule has 0 aromatic heterocycles. The lowest BCUT2D eigenvalue weighted by Crippen LogP contribution is -2.08. The Hall–Kier alpha value is -2.94. The van der Waals surface area contributed by atoms with Crippen LogP contribution in [0.1, 0.15) is 11.1 Å². The molecule has 0 unspecified atom stereocenters. The van der Waals surface area contributed by atoms with Crippen LogP contribution in [-0.4, -0.2) is 4.92 Å². The van der Waals surface area contributed by atoms with E-state index in [2.05, 4.69) is 0 Å². The molecule has 3 nitrogen and oxygen atoms in total. The van der Waals surface area contributed by atoms with Gasteiger partial charge in [-0.05, 0) is 37.1 Å². The van der Waals surface area contributed by atoms with Gasteiger partial charge >= 0.3 is 10.2 Å². The van der Waals surface area contributed by atoms with Gasteiger partial charge < -0.3 is 0 Å². The Labute approximate surface area is 163 Å². The second kappa shape index (κ2) is 6.03. The van der Waals surface area contributed by atoms with E-state index < -0.39 is 36.9 Å². The second-order valence-corrected chi connectivity index (χ2v) is 9.24. The first-order valence-corrected chi connectivity index (χ1v) is 10.3. The third-order valence-corrected chi connectivity index (χ3v) is 5.50. The lowest BCUT2D eigenvalue weighted by Gasteiger charge is -2.41. The summed E-state index contributed by atoms with van der Waals surface area (Å²) < 4.78 is 68.3. The van der Waals surface area contributed by atoms with E-state index in [1.54, 1.807) is 26.0 Å². The summed E-state index contributed by atoms with van der Waals surface area (Å²) in [6, 6.07) is 12.2. The van der Waals surface area contributed by atoms with E-state index in [9.17, 15) is 29.5 Å². The molecule has 0 heterocycles. The molecule has 0 fully saturated rings. The SMILES string of the molecule is Cc1cccc(-c2cc(S(F)(F)(F)(F)F)cc(-c3cccc(C)c3)c2[N+](=O)[O-])c1. The molecule has 9 heteroatoms. The summed E-state index contributed by atoms with van der Waals surface area (Å²) in [5, 5.41) is 11.8. The maximum absolute atomic E-state index is 13.7.